The summed E-state index contributed by atoms with van der Waals surface area (Å²) in [6.07, 6.45) is -0.654. The van der Waals surface area contributed by atoms with E-state index < -0.39 is 11.9 Å². The van der Waals surface area contributed by atoms with Gasteiger partial charge >= 0.3 is 6.09 Å². The molecule has 0 atom stereocenters. The van der Waals surface area contributed by atoms with Crippen molar-refractivity contribution in [3.63, 3.8) is 0 Å². The van der Waals surface area contributed by atoms with Gasteiger partial charge in [-0.2, -0.15) is 0 Å². The molecule has 2 rings (SSSR count). The summed E-state index contributed by atoms with van der Waals surface area (Å²) in [7, 11) is 1.25. The van der Waals surface area contributed by atoms with Gasteiger partial charge in [-0.3, -0.25) is 5.32 Å². The summed E-state index contributed by atoms with van der Waals surface area (Å²) in [5.74, 6) is 0.233. The molecular formula is C17H18FNO3. The summed E-state index contributed by atoms with van der Waals surface area (Å²) < 4.78 is 24.2. The van der Waals surface area contributed by atoms with Crippen LogP contribution < -0.4 is 10.1 Å². The number of hydrogen-bond donors (Lipinski definition) is 1. The zero-order valence-electron chi connectivity index (χ0n) is 12.8. The fourth-order valence-corrected chi connectivity index (χ4v) is 2.09. The Kier molecular flexibility index (Phi) is 4.99. The molecule has 2 aromatic rings. The molecule has 0 saturated heterocycles. The fourth-order valence-electron chi connectivity index (χ4n) is 2.09. The van der Waals surface area contributed by atoms with Crippen molar-refractivity contribution in [2.45, 2.75) is 20.5 Å². The first-order valence-electron chi connectivity index (χ1n) is 6.83. The number of methoxy groups -OCH3 is 1. The maximum absolute atomic E-state index is 14.0. The lowest BCUT2D eigenvalue weighted by molar-refractivity contribution is 0.187. The van der Waals surface area contributed by atoms with Crippen LogP contribution in [0.2, 0.25) is 0 Å². The number of ether oxygens (including phenoxy) is 2. The Bertz CT molecular complexity index is 686. The smallest absolute Gasteiger partial charge is 0.411 e. The minimum absolute atomic E-state index is 0.00982. The van der Waals surface area contributed by atoms with Crippen LogP contribution in [-0.4, -0.2) is 13.2 Å². The summed E-state index contributed by atoms with van der Waals surface area (Å²) >= 11 is 0. The van der Waals surface area contributed by atoms with Gasteiger partial charge in [0, 0.05) is 5.56 Å². The number of aryl methyl sites for hydroxylation is 2. The Balaban J connectivity index is 2.19. The van der Waals surface area contributed by atoms with Crippen LogP contribution in [0.15, 0.2) is 36.4 Å². The van der Waals surface area contributed by atoms with Crippen LogP contribution in [0.25, 0.3) is 0 Å². The molecule has 0 bridgehead atoms. The van der Waals surface area contributed by atoms with E-state index in [-0.39, 0.29) is 12.2 Å². The van der Waals surface area contributed by atoms with E-state index in [1.807, 2.05) is 32.0 Å². The van der Waals surface area contributed by atoms with E-state index in [2.05, 4.69) is 10.1 Å². The highest BCUT2D eigenvalue weighted by molar-refractivity contribution is 5.85. The first kappa shape index (κ1) is 15.8. The van der Waals surface area contributed by atoms with Gasteiger partial charge < -0.3 is 9.47 Å². The Labute approximate surface area is 128 Å². The second-order valence-electron chi connectivity index (χ2n) is 4.94. The largest absolute Gasteiger partial charge is 0.488 e. The lowest BCUT2D eigenvalue weighted by Crippen LogP contribution is -2.14. The number of carbonyl (C=O) groups excluding carboxylic acids is 1. The molecule has 0 aliphatic carbocycles. The van der Waals surface area contributed by atoms with Crippen molar-refractivity contribution in [1.29, 1.82) is 0 Å². The van der Waals surface area contributed by atoms with Gasteiger partial charge in [-0.25, -0.2) is 9.18 Å². The number of amides is 1. The molecule has 0 radical (unpaired) electrons. The molecule has 0 saturated carbocycles. The topological polar surface area (TPSA) is 47.6 Å². The molecule has 116 valence electrons. The number of halogens is 1. The van der Waals surface area contributed by atoms with Crippen molar-refractivity contribution < 1.29 is 18.7 Å². The van der Waals surface area contributed by atoms with Crippen molar-refractivity contribution >= 4 is 11.8 Å². The summed E-state index contributed by atoms with van der Waals surface area (Å²) in [5, 5.41) is 2.48. The van der Waals surface area contributed by atoms with Crippen LogP contribution >= 0.6 is 0 Å². The van der Waals surface area contributed by atoms with Crippen molar-refractivity contribution in [3.8, 4) is 5.75 Å². The lowest BCUT2D eigenvalue weighted by atomic mass is 10.1. The number of rotatable bonds is 4. The fraction of sp³-hybridized carbons (Fsp3) is 0.235. The molecular weight excluding hydrogens is 285 g/mol. The molecule has 22 heavy (non-hydrogen) atoms. The predicted octanol–water partition coefficient (Wildman–Crippen LogP) is 4.20. The highest BCUT2D eigenvalue weighted by Gasteiger charge is 2.12. The normalized spacial score (nSPS) is 10.2. The van der Waals surface area contributed by atoms with Crippen molar-refractivity contribution in [3.05, 3.63) is 58.9 Å². The van der Waals surface area contributed by atoms with E-state index in [1.165, 1.54) is 19.2 Å². The van der Waals surface area contributed by atoms with E-state index in [0.29, 0.717) is 11.4 Å². The minimum atomic E-state index is -0.654. The summed E-state index contributed by atoms with van der Waals surface area (Å²) in [6, 6.07) is 10.2. The van der Waals surface area contributed by atoms with E-state index >= 15 is 0 Å². The van der Waals surface area contributed by atoms with Gasteiger partial charge in [0.2, 0.25) is 0 Å². The number of hydrogen-bond acceptors (Lipinski definition) is 3. The Hall–Kier alpha value is -2.56. The van der Waals surface area contributed by atoms with Gasteiger partial charge in [0.25, 0.3) is 0 Å². The second-order valence-corrected chi connectivity index (χ2v) is 4.94. The van der Waals surface area contributed by atoms with Gasteiger partial charge in [-0.1, -0.05) is 23.8 Å². The maximum atomic E-state index is 14.0. The van der Waals surface area contributed by atoms with Gasteiger partial charge in [0.15, 0.2) is 0 Å². The van der Waals surface area contributed by atoms with Crippen LogP contribution in [0, 0.1) is 19.7 Å². The first-order chi connectivity index (χ1) is 10.5. The number of carbonyl (C=O) groups is 1. The van der Waals surface area contributed by atoms with E-state index in [1.54, 1.807) is 6.07 Å². The molecule has 5 heteroatoms. The zero-order chi connectivity index (χ0) is 16.1. The van der Waals surface area contributed by atoms with Crippen molar-refractivity contribution in [1.82, 2.24) is 0 Å². The molecule has 0 unspecified atom stereocenters. The average molecular weight is 303 g/mol. The number of nitrogens with one attached hydrogen (secondary N) is 1. The Morgan fingerprint density at radius 1 is 1.23 bits per heavy atom. The summed E-state index contributed by atoms with van der Waals surface area (Å²) in [5.41, 5.74) is 2.70. The van der Waals surface area contributed by atoms with Gasteiger partial charge in [0.1, 0.15) is 18.2 Å². The van der Waals surface area contributed by atoms with Gasteiger partial charge in [-0.15, -0.1) is 0 Å². The SMILES string of the molecule is COC(=O)Nc1cccc(F)c1COc1ccc(C)cc1C. The molecule has 0 aliphatic heterocycles. The van der Waals surface area contributed by atoms with Crippen LogP contribution in [0.1, 0.15) is 16.7 Å². The highest BCUT2D eigenvalue weighted by atomic mass is 19.1. The van der Waals surface area contributed by atoms with Gasteiger partial charge in [0.05, 0.1) is 12.8 Å². The Morgan fingerprint density at radius 3 is 2.68 bits per heavy atom. The van der Waals surface area contributed by atoms with Gasteiger partial charge in [-0.05, 0) is 37.6 Å². The third-order valence-corrected chi connectivity index (χ3v) is 3.24. The van der Waals surface area contributed by atoms with Crippen LogP contribution in [0.3, 0.4) is 0 Å². The molecule has 1 amide bonds. The Morgan fingerprint density at radius 2 is 2.00 bits per heavy atom. The molecule has 1 N–H and O–H groups in total. The summed E-state index contributed by atoms with van der Waals surface area (Å²) in [6.45, 7) is 3.93. The minimum Gasteiger partial charge on any atom is -0.488 e. The average Bonchev–Trinajstić information content (AvgIpc) is 2.48. The van der Waals surface area contributed by atoms with E-state index in [0.717, 1.165) is 11.1 Å². The second kappa shape index (κ2) is 6.93. The van der Waals surface area contributed by atoms with Crippen molar-refractivity contribution in [2.75, 3.05) is 12.4 Å². The molecule has 0 aromatic heterocycles. The molecule has 2 aromatic carbocycles. The lowest BCUT2D eigenvalue weighted by Gasteiger charge is -2.14. The van der Waals surface area contributed by atoms with Crippen LogP contribution in [0.5, 0.6) is 5.75 Å². The standard InChI is InChI=1S/C17H18FNO3/c1-11-7-8-16(12(2)9-11)22-10-13-14(18)5-4-6-15(13)19-17(20)21-3/h4-9H,10H2,1-3H3,(H,19,20). The molecule has 4 nitrogen and oxygen atoms in total. The molecule has 0 aliphatic rings. The number of anilines is 1. The zero-order valence-corrected chi connectivity index (χ0v) is 12.8. The van der Waals surface area contributed by atoms with E-state index in [9.17, 15) is 9.18 Å². The monoisotopic (exact) mass is 303 g/mol. The maximum Gasteiger partial charge on any atom is 0.411 e. The van der Waals surface area contributed by atoms with Crippen LogP contribution in [0.4, 0.5) is 14.9 Å². The number of benzene rings is 2. The highest BCUT2D eigenvalue weighted by Crippen LogP contribution is 2.24. The molecule has 0 heterocycles. The first-order valence-corrected chi connectivity index (χ1v) is 6.83. The van der Waals surface area contributed by atoms with E-state index in [4.69, 9.17) is 4.74 Å². The quantitative estimate of drug-likeness (QED) is 0.921. The van der Waals surface area contributed by atoms with Crippen molar-refractivity contribution in [2.24, 2.45) is 0 Å². The third kappa shape index (κ3) is 3.75. The molecule has 0 fully saturated rings. The molecule has 0 spiro atoms. The van der Waals surface area contributed by atoms with Crippen LogP contribution in [-0.2, 0) is 11.3 Å². The summed E-state index contributed by atoms with van der Waals surface area (Å²) in [4.78, 5) is 11.3. The third-order valence-electron chi connectivity index (χ3n) is 3.24. The predicted molar refractivity (Wildman–Crippen MR) is 82.7 cm³/mol.